The molecule has 0 spiro atoms. The van der Waals surface area contributed by atoms with Crippen LogP contribution in [0.25, 0.3) is 0 Å². The van der Waals surface area contributed by atoms with Crippen LogP contribution in [-0.2, 0) is 0 Å². The van der Waals surface area contributed by atoms with Gasteiger partial charge in [-0.05, 0) is 13.3 Å². The van der Waals surface area contributed by atoms with E-state index in [1.54, 1.807) is 6.07 Å². The van der Waals surface area contributed by atoms with Crippen molar-refractivity contribution < 1.29 is 0 Å². The van der Waals surface area contributed by atoms with Crippen LogP contribution in [0.4, 0.5) is 11.6 Å². The van der Waals surface area contributed by atoms with Gasteiger partial charge in [0, 0.05) is 18.0 Å². The number of nitrogen functional groups attached to an aromatic ring is 1. The molecule has 0 saturated carbocycles. The summed E-state index contributed by atoms with van der Waals surface area (Å²) < 4.78 is 0. The molecule has 15 heavy (non-hydrogen) atoms. The highest BCUT2D eigenvalue weighted by atomic mass is 15.1. The van der Waals surface area contributed by atoms with Crippen molar-refractivity contribution in [3.05, 3.63) is 11.9 Å². The van der Waals surface area contributed by atoms with E-state index in [9.17, 15) is 0 Å². The molecule has 1 heterocycles. The van der Waals surface area contributed by atoms with E-state index >= 15 is 0 Å². The summed E-state index contributed by atoms with van der Waals surface area (Å²) in [7, 11) is 0. The Morgan fingerprint density at radius 1 is 1.33 bits per heavy atom. The molecule has 0 radical (unpaired) electrons. The molecule has 1 aromatic rings. The number of anilines is 2. The van der Waals surface area contributed by atoms with E-state index in [1.807, 2.05) is 0 Å². The van der Waals surface area contributed by atoms with Crippen molar-refractivity contribution in [1.82, 2.24) is 9.97 Å². The van der Waals surface area contributed by atoms with Gasteiger partial charge in [0.15, 0.2) is 0 Å². The van der Waals surface area contributed by atoms with Crippen LogP contribution in [0.5, 0.6) is 0 Å². The predicted molar refractivity (Wildman–Crippen MR) is 63.9 cm³/mol. The van der Waals surface area contributed by atoms with E-state index in [0.717, 1.165) is 18.1 Å². The predicted octanol–water partition coefficient (Wildman–Crippen LogP) is 2.39. The lowest BCUT2D eigenvalue weighted by atomic mass is 10.2. The number of aromatic nitrogens is 2. The molecule has 1 unspecified atom stereocenters. The van der Waals surface area contributed by atoms with Crippen molar-refractivity contribution >= 4 is 11.6 Å². The summed E-state index contributed by atoms with van der Waals surface area (Å²) >= 11 is 0. The van der Waals surface area contributed by atoms with Gasteiger partial charge in [-0.25, -0.2) is 9.97 Å². The average Bonchev–Trinajstić information content (AvgIpc) is 2.16. The molecule has 0 saturated heterocycles. The first-order valence-electron chi connectivity index (χ1n) is 5.44. The summed E-state index contributed by atoms with van der Waals surface area (Å²) in [4.78, 5) is 8.61. The second-order valence-electron chi connectivity index (χ2n) is 4.14. The fourth-order valence-corrected chi connectivity index (χ4v) is 1.17. The van der Waals surface area contributed by atoms with Crippen LogP contribution in [0, 0.1) is 0 Å². The fourth-order valence-electron chi connectivity index (χ4n) is 1.17. The molecule has 0 aromatic carbocycles. The molecule has 3 N–H and O–H groups in total. The monoisotopic (exact) mass is 208 g/mol. The lowest BCUT2D eigenvalue weighted by Gasteiger charge is -2.14. The third-order valence-corrected chi connectivity index (χ3v) is 2.29. The molecule has 0 bridgehead atoms. The fraction of sp³-hybridized carbons (Fsp3) is 0.636. The molecule has 1 aromatic heterocycles. The molecule has 0 aliphatic heterocycles. The van der Waals surface area contributed by atoms with E-state index in [-0.39, 0.29) is 0 Å². The van der Waals surface area contributed by atoms with Gasteiger partial charge in [0.25, 0.3) is 0 Å². The topological polar surface area (TPSA) is 63.8 Å². The van der Waals surface area contributed by atoms with Crippen LogP contribution in [0.1, 0.15) is 45.9 Å². The van der Waals surface area contributed by atoms with Gasteiger partial charge in [0.1, 0.15) is 17.5 Å². The number of hydrogen-bond donors (Lipinski definition) is 2. The van der Waals surface area contributed by atoms with E-state index in [0.29, 0.717) is 17.8 Å². The van der Waals surface area contributed by atoms with E-state index < -0.39 is 0 Å². The SMILES string of the molecule is CCC(C)Nc1cc(N)nc(C(C)C)n1. The van der Waals surface area contributed by atoms with Crippen molar-refractivity contribution in [2.24, 2.45) is 0 Å². The maximum atomic E-state index is 5.72. The summed E-state index contributed by atoms with van der Waals surface area (Å²) in [6.07, 6.45) is 1.06. The molecular weight excluding hydrogens is 188 g/mol. The van der Waals surface area contributed by atoms with E-state index in [4.69, 9.17) is 5.73 Å². The third kappa shape index (κ3) is 3.38. The maximum absolute atomic E-state index is 5.72. The number of nitrogens with one attached hydrogen (secondary N) is 1. The van der Waals surface area contributed by atoms with Crippen molar-refractivity contribution in [2.45, 2.75) is 46.1 Å². The summed E-state index contributed by atoms with van der Waals surface area (Å²) in [5.74, 6) is 2.44. The molecular formula is C11H20N4. The van der Waals surface area contributed by atoms with Crippen LogP contribution in [0.15, 0.2) is 6.07 Å². The first-order chi connectivity index (χ1) is 7.02. The Kier molecular flexibility index (Phi) is 3.88. The van der Waals surface area contributed by atoms with Gasteiger partial charge in [0.05, 0.1) is 0 Å². The number of nitrogens with zero attached hydrogens (tertiary/aromatic N) is 2. The zero-order chi connectivity index (χ0) is 11.4. The van der Waals surface area contributed by atoms with Crippen LogP contribution < -0.4 is 11.1 Å². The second kappa shape index (κ2) is 4.96. The van der Waals surface area contributed by atoms with Gasteiger partial charge < -0.3 is 11.1 Å². The Balaban J connectivity index is 2.88. The molecule has 4 nitrogen and oxygen atoms in total. The quantitative estimate of drug-likeness (QED) is 0.797. The highest BCUT2D eigenvalue weighted by Crippen LogP contribution is 2.15. The molecule has 0 aliphatic rings. The van der Waals surface area contributed by atoms with Gasteiger partial charge in [-0.2, -0.15) is 0 Å². The molecule has 1 atom stereocenters. The zero-order valence-electron chi connectivity index (χ0n) is 9.91. The molecule has 1 rings (SSSR count). The lowest BCUT2D eigenvalue weighted by Crippen LogP contribution is -2.16. The third-order valence-electron chi connectivity index (χ3n) is 2.29. The summed E-state index contributed by atoms with van der Waals surface area (Å²) in [6, 6.07) is 2.18. The smallest absolute Gasteiger partial charge is 0.135 e. The van der Waals surface area contributed by atoms with Gasteiger partial charge >= 0.3 is 0 Å². The van der Waals surface area contributed by atoms with Crippen molar-refractivity contribution in [3.63, 3.8) is 0 Å². The van der Waals surface area contributed by atoms with Crippen LogP contribution >= 0.6 is 0 Å². The van der Waals surface area contributed by atoms with Gasteiger partial charge in [0.2, 0.25) is 0 Å². The minimum absolute atomic E-state index is 0.297. The van der Waals surface area contributed by atoms with E-state index in [1.165, 1.54) is 0 Å². The van der Waals surface area contributed by atoms with Crippen LogP contribution in [-0.4, -0.2) is 16.0 Å². The Bertz CT molecular complexity index is 322. The largest absolute Gasteiger partial charge is 0.384 e. The standard InChI is InChI=1S/C11H20N4/c1-5-8(4)13-10-6-9(12)14-11(15-10)7(2)3/h6-8H,5H2,1-4H3,(H3,12,13,14,15). The summed E-state index contributed by atoms with van der Waals surface area (Å²) in [5, 5.41) is 3.30. The highest BCUT2D eigenvalue weighted by molar-refractivity contribution is 5.45. The number of nitrogens with two attached hydrogens (primary N) is 1. The normalized spacial score (nSPS) is 12.9. The summed E-state index contributed by atoms with van der Waals surface area (Å²) in [6.45, 7) is 8.36. The average molecular weight is 208 g/mol. The van der Waals surface area contributed by atoms with Gasteiger partial charge in [-0.15, -0.1) is 0 Å². The van der Waals surface area contributed by atoms with Crippen LogP contribution in [0.2, 0.25) is 0 Å². The Hall–Kier alpha value is -1.32. The van der Waals surface area contributed by atoms with Crippen LogP contribution in [0.3, 0.4) is 0 Å². The first-order valence-corrected chi connectivity index (χ1v) is 5.44. The first kappa shape index (κ1) is 11.8. The summed E-state index contributed by atoms with van der Waals surface area (Å²) in [5.41, 5.74) is 5.72. The Morgan fingerprint density at radius 2 is 2.00 bits per heavy atom. The minimum atomic E-state index is 0.297. The minimum Gasteiger partial charge on any atom is -0.384 e. The van der Waals surface area contributed by atoms with E-state index in [2.05, 4.69) is 43.0 Å². The van der Waals surface area contributed by atoms with Crippen molar-refractivity contribution in [3.8, 4) is 0 Å². The molecule has 4 heteroatoms. The molecule has 0 aliphatic carbocycles. The number of hydrogen-bond acceptors (Lipinski definition) is 4. The maximum Gasteiger partial charge on any atom is 0.135 e. The molecule has 84 valence electrons. The Labute approximate surface area is 91.3 Å². The van der Waals surface area contributed by atoms with Gasteiger partial charge in [-0.3, -0.25) is 0 Å². The highest BCUT2D eigenvalue weighted by Gasteiger charge is 2.07. The lowest BCUT2D eigenvalue weighted by molar-refractivity contribution is 0.742. The Morgan fingerprint density at radius 3 is 2.53 bits per heavy atom. The van der Waals surface area contributed by atoms with Crippen molar-refractivity contribution in [1.29, 1.82) is 0 Å². The molecule has 0 fully saturated rings. The number of rotatable bonds is 4. The second-order valence-corrected chi connectivity index (χ2v) is 4.14. The molecule has 0 amide bonds. The van der Waals surface area contributed by atoms with Crippen molar-refractivity contribution in [2.75, 3.05) is 11.1 Å². The van der Waals surface area contributed by atoms with Gasteiger partial charge in [-0.1, -0.05) is 20.8 Å². The zero-order valence-corrected chi connectivity index (χ0v) is 9.91.